The highest BCUT2D eigenvalue weighted by Crippen LogP contribution is 2.27. The van der Waals surface area contributed by atoms with Gasteiger partial charge in [-0.05, 0) is 25.5 Å². The second kappa shape index (κ2) is 6.76. The number of nitro groups is 1. The number of anilines is 1. The number of nitriles is 1. The molecule has 116 valence electrons. The van der Waals surface area contributed by atoms with Gasteiger partial charge in [-0.1, -0.05) is 0 Å². The van der Waals surface area contributed by atoms with Gasteiger partial charge in [0.05, 0.1) is 16.6 Å². The number of carbonyl (C=O) groups is 1. The summed E-state index contributed by atoms with van der Waals surface area (Å²) in [6, 6.07) is 5.96. The Morgan fingerprint density at radius 2 is 2.36 bits per heavy atom. The lowest BCUT2D eigenvalue weighted by molar-refractivity contribution is -0.384. The molecule has 0 radical (unpaired) electrons. The van der Waals surface area contributed by atoms with E-state index in [-0.39, 0.29) is 17.8 Å². The minimum absolute atomic E-state index is 0.0736. The van der Waals surface area contributed by atoms with Crippen LogP contribution in [0.1, 0.15) is 18.9 Å². The molecule has 1 unspecified atom stereocenters. The molecule has 1 aliphatic rings. The van der Waals surface area contributed by atoms with Crippen LogP contribution in [0.3, 0.4) is 0 Å². The Kier molecular flexibility index (Phi) is 4.78. The van der Waals surface area contributed by atoms with Gasteiger partial charge >= 0.3 is 6.03 Å². The van der Waals surface area contributed by atoms with Crippen molar-refractivity contribution in [3.05, 3.63) is 33.9 Å². The highest BCUT2D eigenvalue weighted by atomic mass is 16.6. The molecular weight excluding hydrogens is 286 g/mol. The fourth-order valence-electron chi connectivity index (χ4n) is 2.43. The topological polar surface area (TPSA) is 111 Å². The van der Waals surface area contributed by atoms with Gasteiger partial charge in [0.2, 0.25) is 0 Å². The van der Waals surface area contributed by atoms with E-state index in [0.29, 0.717) is 37.3 Å². The summed E-state index contributed by atoms with van der Waals surface area (Å²) in [6.07, 6.45) is 0.699. The van der Waals surface area contributed by atoms with Crippen molar-refractivity contribution in [1.29, 1.82) is 5.26 Å². The zero-order valence-corrected chi connectivity index (χ0v) is 12.2. The lowest BCUT2D eigenvalue weighted by atomic mass is 10.1. The highest BCUT2D eigenvalue weighted by molar-refractivity contribution is 5.74. The zero-order chi connectivity index (χ0) is 16.1. The standard InChI is InChI=1S/C14H17N5O3/c1-2-16-14(20)18-6-5-11(9-18)17-12-7-10(8-15)3-4-13(12)19(21)22/h3-4,7,11,17H,2,5-6,9H2,1H3,(H,16,20). The molecule has 0 saturated carbocycles. The summed E-state index contributed by atoms with van der Waals surface area (Å²) in [6.45, 7) is 3.47. The van der Waals surface area contributed by atoms with E-state index in [1.54, 1.807) is 4.90 Å². The summed E-state index contributed by atoms with van der Waals surface area (Å²) in [4.78, 5) is 24.0. The molecule has 1 saturated heterocycles. The van der Waals surface area contributed by atoms with Crippen LogP contribution in [0, 0.1) is 21.4 Å². The number of nitrogens with zero attached hydrogens (tertiary/aromatic N) is 3. The normalized spacial score (nSPS) is 16.9. The van der Waals surface area contributed by atoms with Crippen LogP contribution in [0.4, 0.5) is 16.2 Å². The molecule has 0 aliphatic carbocycles. The van der Waals surface area contributed by atoms with Crippen molar-refractivity contribution in [2.75, 3.05) is 25.0 Å². The third-order valence-corrected chi connectivity index (χ3v) is 3.49. The molecule has 22 heavy (non-hydrogen) atoms. The van der Waals surface area contributed by atoms with Gasteiger partial charge in [-0.15, -0.1) is 0 Å². The van der Waals surface area contributed by atoms with Crippen LogP contribution in [0.5, 0.6) is 0 Å². The number of amides is 2. The molecule has 8 heteroatoms. The van der Waals surface area contributed by atoms with Gasteiger partial charge in [0.1, 0.15) is 5.69 Å². The first-order valence-corrected chi connectivity index (χ1v) is 7.03. The SMILES string of the molecule is CCNC(=O)N1CCC(Nc2cc(C#N)ccc2[N+](=O)[O-])C1. The summed E-state index contributed by atoms with van der Waals surface area (Å²) in [5, 5.41) is 25.8. The molecule has 1 atom stereocenters. The molecule has 1 aliphatic heterocycles. The highest BCUT2D eigenvalue weighted by Gasteiger charge is 2.27. The molecular formula is C14H17N5O3. The molecule has 1 aromatic carbocycles. The number of benzene rings is 1. The number of hydrogen-bond donors (Lipinski definition) is 2. The zero-order valence-electron chi connectivity index (χ0n) is 12.2. The summed E-state index contributed by atoms with van der Waals surface area (Å²) < 4.78 is 0. The molecule has 1 aromatic rings. The molecule has 0 bridgehead atoms. The van der Waals surface area contributed by atoms with Crippen LogP contribution in [-0.2, 0) is 0 Å². The lowest BCUT2D eigenvalue weighted by Gasteiger charge is -2.18. The van der Waals surface area contributed by atoms with Gasteiger partial charge in [-0.3, -0.25) is 10.1 Å². The van der Waals surface area contributed by atoms with Gasteiger partial charge < -0.3 is 15.5 Å². The second-order valence-corrected chi connectivity index (χ2v) is 5.01. The van der Waals surface area contributed by atoms with E-state index in [9.17, 15) is 14.9 Å². The lowest BCUT2D eigenvalue weighted by Crippen LogP contribution is -2.39. The molecule has 2 N–H and O–H groups in total. The maximum atomic E-state index is 11.8. The van der Waals surface area contributed by atoms with Gasteiger partial charge in [0.15, 0.2) is 0 Å². The van der Waals surface area contributed by atoms with Crippen molar-refractivity contribution in [2.24, 2.45) is 0 Å². The van der Waals surface area contributed by atoms with Crippen LogP contribution in [-0.4, -0.2) is 41.5 Å². The molecule has 0 spiro atoms. The van der Waals surface area contributed by atoms with Crippen molar-refractivity contribution in [2.45, 2.75) is 19.4 Å². The fourth-order valence-corrected chi connectivity index (χ4v) is 2.43. The Morgan fingerprint density at radius 1 is 1.59 bits per heavy atom. The van der Waals surface area contributed by atoms with Crippen molar-refractivity contribution < 1.29 is 9.72 Å². The van der Waals surface area contributed by atoms with E-state index < -0.39 is 4.92 Å². The second-order valence-electron chi connectivity index (χ2n) is 5.01. The third kappa shape index (κ3) is 3.44. The van der Waals surface area contributed by atoms with Crippen LogP contribution < -0.4 is 10.6 Å². The predicted molar refractivity (Wildman–Crippen MR) is 80.5 cm³/mol. The minimum Gasteiger partial charge on any atom is -0.375 e. The van der Waals surface area contributed by atoms with E-state index in [1.807, 2.05) is 13.0 Å². The summed E-state index contributed by atoms with van der Waals surface area (Å²) in [7, 11) is 0. The Morgan fingerprint density at radius 3 is 3.00 bits per heavy atom. The average Bonchev–Trinajstić information content (AvgIpc) is 2.95. The molecule has 1 heterocycles. The summed E-state index contributed by atoms with van der Waals surface area (Å²) in [5.41, 5.74) is 0.592. The number of urea groups is 1. The van der Waals surface area contributed by atoms with E-state index in [4.69, 9.17) is 5.26 Å². The van der Waals surface area contributed by atoms with Gasteiger partial charge in [0, 0.05) is 31.7 Å². The average molecular weight is 303 g/mol. The Labute approximate surface area is 127 Å². The van der Waals surface area contributed by atoms with E-state index in [2.05, 4.69) is 10.6 Å². The van der Waals surface area contributed by atoms with Crippen molar-refractivity contribution in [3.63, 3.8) is 0 Å². The largest absolute Gasteiger partial charge is 0.375 e. The van der Waals surface area contributed by atoms with E-state index >= 15 is 0 Å². The van der Waals surface area contributed by atoms with Crippen molar-refractivity contribution >= 4 is 17.4 Å². The summed E-state index contributed by atoms with van der Waals surface area (Å²) in [5.74, 6) is 0. The van der Waals surface area contributed by atoms with Crippen molar-refractivity contribution in [1.82, 2.24) is 10.2 Å². The Balaban J connectivity index is 2.10. The number of hydrogen-bond acceptors (Lipinski definition) is 5. The van der Waals surface area contributed by atoms with Gasteiger partial charge in [-0.2, -0.15) is 5.26 Å². The first kappa shape index (κ1) is 15.6. The van der Waals surface area contributed by atoms with Crippen LogP contribution >= 0.6 is 0 Å². The van der Waals surface area contributed by atoms with Crippen LogP contribution in [0.2, 0.25) is 0 Å². The molecule has 0 aromatic heterocycles. The molecule has 2 amide bonds. The van der Waals surface area contributed by atoms with Crippen LogP contribution in [0.15, 0.2) is 18.2 Å². The Bertz CT molecular complexity index is 625. The number of nitro benzene ring substituents is 1. The predicted octanol–water partition coefficient (Wildman–Crippen LogP) is 1.68. The number of nitrogens with one attached hydrogen (secondary N) is 2. The van der Waals surface area contributed by atoms with Crippen molar-refractivity contribution in [3.8, 4) is 6.07 Å². The molecule has 8 nitrogen and oxygen atoms in total. The third-order valence-electron chi connectivity index (χ3n) is 3.49. The first-order valence-electron chi connectivity index (χ1n) is 7.03. The molecule has 2 rings (SSSR count). The quantitative estimate of drug-likeness (QED) is 0.649. The first-order chi connectivity index (χ1) is 10.5. The number of rotatable bonds is 4. The molecule has 1 fully saturated rings. The number of likely N-dealkylation sites (tertiary alicyclic amines) is 1. The van der Waals surface area contributed by atoms with Crippen LogP contribution in [0.25, 0.3) is 0 Å². The fraction of sp³-hybridized carbons (Fsp3) is 0.429. The van der Waals surface area contributed by atoms with E-state index in [1.165, 1.54) is 18.2 Å². The smallest absolute Gasteiger partial charge is 0.317 e. The van der Waals surface area contributed by atoms with Gasteiger partial charge in [0.25, 0.3) is 5.69 Å². The summed E-state index contributed by atoms with van der Waals surface area (Å²) >= 11 is 0. The van der Waals surface area contributed by atoms with E-state index in [0.717, 1.165) is 0 Å². The minimum atomic E-state index is -0.486. The monoisotopic (exact) mass is 303 g/mol. The maximum Gasteiger partial charge on any atom is 0.317 e. The maximum absolute atomic E-state index is 11.8. The van der Waals surface area contributed by atoms with Gasteiger partial charge in [-0.25, -0.2) is 4.79 Å². The Hall–Kier alpha value is -2.82. The number of carbonyl (C=O) groups excluding carboxylic acids is 1.